The van der Waals surface area contributed by atoms with Crippen molar-refractivity contribution in [1.29, 1.82) is 0 Å². The number of rotatable bonds is 6. The van der Waals surface area contributed by atoms with Crippen molar-refractivity contribution in [2.75, 3.05) is 0 Å². The molecular weight excluding hydrogens is 387 g/mol. The number of benzene rings is 2. The van der Waals surface area contributed by atoms with Crippen LogP contribution in [-0.4, -0.2) is 20.6 Å². The maximum atomic E-state index is 13.6. The molecule has 1 amide bonds. The number of aromatic nitrogens is 3. The molecule has 2 heterocycles. The Hall–Kier alpha value is -3.81. The third kappa shape index (κ3) is 3.98. The van der Waals surface area contributed by atoms with Gasteiger partial charge in [-0.2, -0.15) is 0 Å². The molecule has 0 aliphatic carbocycles. The van der Waals surface area contributed by atoms with Crippen molar-refractivity contribution >= 4 is 17.0 Å². The van der Waals surface area contributed by atoms with Crippen LogP contribution in [0.15, 0.2) is 70.2 Å². The fraction of sp³-hybridized carbons (Fsp3) is 0.182. The lowest BCUT2D eigenvalue weighted by Crippen LogP contribution is -2.29. The average molecular weight is 406 g/mol. The number of nitrogens with one attached hydrogen (secondary N) is 1. The van der Waals surface area contributed by atoms with Gasteiger partial charge in [-0.3, -0.25) is 14.2 Å². The van der Waals surface area contributed by atoms with Crippen LogP contribution in [0.5, 0.6) is 0 Å². The highest BCUT2D eigenvalue weighted by Crippen LogP contribution is 2.24. The number of fused-ring (bicyclic) bond motifs is 1. The summed E-state index contributed by atoms with van der Waals surface area (Å²) in [6.07, 6.45) is 1.42. The Balaban J connectivity index is 1.52. The quantitative estimate of drug-likeness (QED) is 0.530. The van der Waals surface area contributed by atoms with Gasteiger partial charge in [0, 0.05) is 18.5 Å². The van der Waals surface area contributed by atoms with Gasteiger partial charge in [0.15, 0.2) is 0 Å². The van der Waals surface area contributed by atoms with Gasteiger partial charge in [-0.05, 0) is 24.6 Å². The number of halogens is 1. The molecule has 0 fully saturated rings. The smallest absolute Gasteiger partial charge is 0.266 e. The van der Waals surface area contributed by atoms with Gasteiger partial charge in [0.2, 0.25) is 5.91 Å². The van der Waals surface area contributed by atoms with Gasteiger partial charge < -0.3 is 9.84 Å². The first-order chi connectivity index (χ1) is 14.5. The van der Waals surface area contributed by atoms with E-state index in [1.54, 1.807) is 6.07 Å². The third-order valence-electron chi connectivity index (χ3n) is 4.82. The summed E-state index contributed by atoms with van der Waals surface area (Å²) in [6.45, 7) is 2.04. The van der Waals surface area contributed by atoms with Gasteiger partial charge in [0.05, 0.1) is 6.04 Å². The number of hydrogen-bond donors (Lipinski definition) is 1. The number of hydrogen-bond acceptors (Lipinski definition) is 5. The number of aryl methyl sites for hydroxylation is 1. The first kappa shape index (κ1) is 19.5. The van der Waals surface area contributed by atoms with Crippen molar-refractivity contribution in [3.05, 3.63) is 82.7 Å². The molecule has 0 radical (unpaired) electrons. The van der Waals surface area contributed by atoms with Crippen LogP contribution in [0.4, 0.5) is 4.39 Å². The van der Waals surface area contributed by atoms with E-state index in [2.05, 4.69) is 15.5 Å². The summed E-state index contributed by atoms with van der Waals surface area (Å²) < 4.78 is 20.0. The van der Waals surface area contributed by atoms with Gasteiger partial charge in [-0.25, -0.2) is 9.37 Å². The molecule has 2 aromatic carbocycles. The summed E-state index contributed by atoms with van der Waals surface area (Å²) in [5.74, 6) is -0.633. The molecule has 0 saturated heterocycles. The number of nitrogens with zero attached hydrogens (tertiary/aromatic N) is 3. The van der Waals surface area contributed by atoms with E-state index in [-0.39, 0.29) is 41.7 Å². The van der Waals surface area contributed by atoms with Gasteiger partial charge in [-0.15, -0.1) is 0 Å². The van der Waals surface area contributed by atoms with Gasteiger partial charge in [-0.1, -0.05) is 47.6 Å². The maximum Gasteiger partial charge on any atom is 0.266 e. The molecule has 0 aliphatic heterocycles. The van der Waals surface area contributed by atoms with E-state index in [9.17, 15) is 14.0 Å². The van der Waals surface area contributed by atoms with E-state index < -0.39 is 11.4 Å². The Kier molecular flexibility index (Phi) is 5.38. The van der Waals surface area contributed by atoms with Crippen LogP contribution in [0.3, 0.4) is 0 Å². The molecule has 30 heavy (non-hydrogen) atoms. The summed E-state index contributed by atoms with van der Waals surface area (Å²) in [4.78, 5) is 29.4. The molecule has 1 atom stereocenters. The van der Waals surface area contributed by atoms with E-state index in [4.69, 9.17) is 4.52 Å². The minimum Gasteiger partial charge on any atom is -0.350 e. The zero-order valence-corrected chi connectivity index (χ0v) is 16.2. The number of carbonyl (C=O) groups is 1. The molecule has 4 aromatic rings. The summed E-state index contributed by atoms with van der Waals surface area (Å²) in [7, 11) is 0. The van der Waals surface area contributed by atoms with Crippen LogP contribution in [0.2, 0.25) is 0 Å². The summed E-state index contributed by atoms with van der Waals surface area (Å²) >= 11 is 0. The van der Waals surface area contributed by atoms with E-state index in [0.717, 1.165) is 5.56 Å². The van der Waals surface area contributed by atoms with Crippen molar-refractivity contribution < 1.29 is 13.7 Å². The molecular formula is C22H19FN4O3. The summed E-state index contributed by atoms with van der Waals surface area (Å²) in [5, 5.41) is 6.95. The molecule has 7 nitrogen and oxygen atoms in total. The van der Waals surface area contributed by atoms with Gasteiger partial charge in [0.1, 0.15) is 23.2 Å². The second kappa shape index (κ2) is 8.28. The fourth-order valence-corrected chi connectivity index (χ4v) is 3.23. The third-order valence-corrected chi connectivity index (χ3v) is 4.82. The molecule has 4 rings (SSSR count). The lowest BCUT2D eigenvalue weighted by Gasteiger charge is -2.14. The van der Waals surface area contributed by atoms with Gasteiger partial charge in [0.25, 0.3) is 11.3 Å². The van der Waals surface area contributed by atoms with Gasteiger partial charge >= 0.3 is 0 Å². The Morgan fingerprint density at radius 2 is 2.00 bits per heavy atom. The van der Waals surface area contributed by atoms with Crippen molar-refractivity contribution in [2.45, 2.75) is 25.9 Å². The summed E-state index contributed by atoms with van der Waals surface area (Å²) in [5.41, 5.74) is 1.30. The Bertz CT molecular complexity index is 1250. The largest absolute Gasteiger partial charge is 0.350 e. The average Bonchev–Trinajstić information content (AvgIpc) is 3.19. The normalized spacial score (nSPS) is 12.1. The molecule has 0 aliphatic rings. The van der Waals surface area contributed by atoms with Crippen LogP contribution in [0.1, 0.15) is 24.9 Å². The minimum atomic E-state index is -0.447. The summed E-state index contributed by atoms with van der Waals surface area (Å²) in [6, 6.07) is 15.2. The molecule has 0 saturated carbocycles. The maximum absolute atomic E-state index is 13.6. The van der Waals surface area contributed by atoms with E-state index in [0.29, 0.717) is 5.56 Å². The molecule has 0 bridgehead atoms. The van der Waals surface area contributed by atoms with E-state index >= 15 is 0 Å². The molecule has 2 aromatic heterocycles. The first-order valence-corrected chi connectivity index (χ1v) is 9.48. The van der Waals surface area contributed by atoms with Crippen molar-refractivity contribution in [2.24, 2.45) is 0 Å². The predicted molar refractivity (Wildman–Crippen MR) is 109 cm³/mol. The monoisotopic (exact) mass is 406 g/mol. The second-order valence-electron chi connectivity index (χ2n) is 6.91. The highest BCUT2D eigenvalue weighted by Gasteiger charge is 2.18. The van der Waals surface area contributed by atoms with E-state index in [1.165, 1.54) is 29.1 Å². The highest BCUT2D eigenvalue weighted by molar-refractivity contribution is 5.88. The van der Waals surface area contributed by atoms with Crippen LogP contribution in [0, 0.1) is 5.82 Å². The van der Waals surface area contributed by atoms with Crippen molar-refractivity contribution in [3.63, 3.8) is 0 Å². The lowest BCUT2D eigenvalue weighted by atomic mass is 10.1. The van der Waals surface area contributed by atoms with E-state index in [1.807, 2.05) is 37.3 Å². The van der Waals surface area contributed by atoms with Crippen LogP contribution >= 0.6 is 0 Å². The Labute approximate surface area is 171 Å². The topological polar surface area (TPSA) is 90.0 Å². The minimum absolute atomic E-state index is 0.0673. The number of carbonyl (C=O) groups excluding carboxylic acids is 1. The molecule has 0 spiro atoms. The molecule has 152 valence electrons. The Morgan fingerprint density at radius 3 is 2.77 bits per heavy atom. The first-order valence-electron chi connectivity index (χ1n) is 9.48. The SMILES string of the molecule is C[C@@H](NC(=O)CCn1cnc2onc(-c3cccc(F)c3)c2c1=O)c1ccccc1. The molecule has 0 unspecified atom stereocenters. The molecule has 8 heteroatoms. The zero-order chi connectivity index (χ0) is 21.1. The van der Waals surface area contributed by atoms with Crippen LogP contribution in [-0.2, 0) is 11.3 Å². The second-order valence-corrected chi connectivity index (χ2v) is 6.91. The predicted octanol–water partition coefficient (Wildman–Crippen LogP) is 3.46. The molecule has 1 N–H and O–H groups in total. The standard InChI is InChI=1S/C22H19FN4O3/c1-14(15-6-3-2-4-7-15)25-18(28)10-11-27-13-24-21-19(22(27)29)20(26-30-21)16-8-5-9-17(23)12-16/h2-9,12-14H,10-11H2,1H3,(H,25,28)/t14-/m1/s1. The number of amides is 1. The Morgan fingerprint density at radius 1 is 1.20 bits per heavy atom. The van der Waals surface area contributed by atoms with Crippen LogP contribution < -0.4 is 10.9 Å². The zero-order valence-electron chi connectivity index (χ0n) is 16.2. The lowest BCUT2D eigenvalue weighted by molar-refractivity contribution is -0.121. The fourth-order valence-electron chi connectivity index (χ4n) is 3.23. The van der Waals surface area contributed by atoms with Crippen molar-refractivity contribution in [1.82, 2.24) is 20.0 Å². The highest BCUT2D eigenvalue weighted by atomic mass is 19.1. The van der Waals surface area contributed by atoms with Crippen molar-refractivity contribution in [3.8, 4) is 11.3 Å². The van der Waals surface area contributed by atoms with Crippen LogP contribution in [0.25, 0.3) is 22.4 Å².